The van der Waals surface area contributed by atoms with Crippen molar-refractivity contribution in [1.29, 1.82) is 0 Å². The molecule has 0 saturated heterocycles. The fourth-order valence-corrected chi connectivity index (χ4v) is 2.79. The zero-order chi connectivity index (χ0) is 11.9. The summed E-state index contributed by atoms with van der Waals surface area (Å²) in [5.41, 5.74) is 0. The summed E-state index contributed by atoms with van der Waals surface area (Å²) in [7, 11) is 1.80. The molecule has 5 heteroatoms. The van der Waals surface area contributed by atoms with Crippen molar-refractivity contribution in [2.45, 2.75) is 46.1 Å². The number of rotatable bonds is 8. The third-order valence-corrected chi connectivity index (χ3v) is 3.57. The van der Waals surface area contributed by atoms with Crippen LogP contribution in [0, 0.1) is 5.92 Å². The molecule has 3 nitrogen and oxygen atoms in total. The van der Waals surface area contributed by atoms with Crippen molar-refractivity contribution in [2.24, 2.45) is 5.92 Å². The number of halogens is 1. The van der Waals surface area contributed by atoms with E-state index in [9.17, 15) is 8.42 Å². The fourth-order valence-electron chi connectivity index (χ4n) is 1.36. The van der Waals surface area contributed by atoms with Gasteiger partial charge in [0.05, 0.1) is 18.5 Å². The highest BCUT2D eigenvalue weighted by Gasteiger charge is 2.16. The zero-order valence-corrected chi connectivity index (χ0v) is 11.3. The molecule has 0 aliphatic rings. The van der Waals surface area contributed by atoms with E-state index in [1.54, 1.807) is 0 Å². The maximum Gasteiger partial charge on any atom is 0.232 e. The van der Waals surface area contributed by atoms with Gasteiger partial charge in [-0.05, 0) is 19.3 Å². The SMILES string of the molecule is CCCC(C)OCC(CC)CS(=O)(=O)Cl. The monoisotopic (exact) mass is 256 g/mol. The maximum atomic E-state index is 10.9. The second kappa shape index (κ2) is 7.47. The Bertz CT molecular complexity index is 251. The molecule has 0 aromatic heterocycles. The molecule has 0 heterocycles. The average molecular weight is 257 g/mol. The lowest BCUT2D eigenvalue weighted by Gasteiger charge is -2.17. The van der Waals surface area contributed by atoms with Crippen LogP contribution in [-0.4, -0.2) is 26.9 Å². The molecule has 0 spiro atoms. The minimum atomic E-state index is -3.40. The highest BCUT2D eigenvalue weighted by atomic mass is 35.7. The largest absolute Gasteiger partial charge is 0.378 e. The summed E-state index contributed by atoms with van der Waals surface area (Å²) in [5, 5.41) is 0. The van der Waals surface area contributed by atoms with Crippen molar-refractivity contribution in [1.82, 2.24) is 0 Å². The lowest BCUT2D eigenvalue weighted by molar-refractivity contribution is 0.0385. The molecule has 0 saturated carbocycles. The second-order valence-corrected chi connectivity index (χ2v) is 6.73. The molecular formula is C10H21ClO3S. The summed E-state index contributed by atoms with van der Waals surface area (Å²) in [4.78, 5) is 0. The van der Waals surface area contributed by atoms with E-state index in [2.05, 4.69) is 6.92 Å². The summed E-state index contributed by atoms with van der Waals surface area (Å²) >= 11 is 0. The third-order valence-electron chi connectivity index (χ3n) is 2.32. The molecule has 0 fully saturated rings. The fraction of sp³-hybridized carbons (Fsp3) is 1.00. The lowest BCUT2D eigenvalue weighted by Crippen LogP contribution is -2.20. The normalized spacial score (nSPS) is 16.3. The van der Waals surface area contributed by atoms with Crippen molar-refractivity contribution >= 4 is 19.7 Å². The van der Waals surface area contributed by atoms with E-state index < -0.39 is 9.05 Å². The zero-order valence-electron chi connectivity index (χ0n) is 9.70. The van der Waals surface area contributed by atoms with Crippen molar-refractivity contribution in [3.63, 3.8) is 0 Å². The number of ether oxygens (including phenoxy) is 1. The average Bonchev–Trinajstić information content (AvgIpc) is 2.11. The van der Waals surface area contributed by atoms with Crippen molar-refractivity contribution in [2.75, 3.05) is 12.4 Å². The molecule has 0 amide bonds. The molecular weight excluding hydrogens is 236 g/mol. The lowest BCUT2D eigenvalue weighted by atomic mass is 10.1. The van der Waals surface area contributed by atoms with Gasteiger partial charge in [0.1, 0.15) is 0 Å². The third kappa shape index (κ3) is 9.15. The van der Waals surface area contributed by atoms with Crippen LogP contribution in [-0.2, 0) is 13.8 Å². The molecule has 15 heavy (non-hydrogen) atoms. The van der Waals surface area contributed by atoms with Crippen LogP contribution in [0.5, 0.6) is 0 Å². The van der Waals surface area contributed by atoms with E-state index in [1.807, 2.05) is 13.8 Å². The van der Waals surface area contributed by atoms with Gasteiger partial charge in [-0.3, -0.25) is 0 Å². The number of hydrogen-bond acceptors (Lipinski definition) is 3. The maximum absolute atomic E-state index is 10.9. The Morgan fingerprint density at radius 1 is 1.33 bits per heavy atom. The van der Waals surface area contributed by atoms with Crippen LogP contribution in [0.25, 0.3) is 0 Å². The standard InChI is InChI=1S/C10H21ClO3S/c1-4-6-9(3)14-7-10(5-2)8-15(11,12)13/h9-10H,4-8H2,1-3H3. The molecule has 92 valence electrons. The van der Waals surface area contributed by atoms with Crippen LogP contribution in [0.2, 0.25) is 0 Å². The van der Waals surface area contributed by atoms with E-state index in [0.29, 0.717) is 6.61 Å². The molecule has 0 N–H and O–H groups in total. The predicted octanol–water partition coefficient (Wildman–Crippen LogP) is 2.79. The molecule has 0 aliphatic heterocycles. The van der Waals surface area contributed by atoms with E-state index in [4.69, 9.17) is 15.4 Å². The van der Waals surface area contributed by atoms with Crippen molar-refractivity contribution < 1.29 is 13.2 Å². The second-order valence-electron chi connectivity index (χ2n) is 3.91. The van der Waals surface area contributed by atoms with Gasteiger partial charge in [0, 0.05) is 10.7 Å². The Kier molecular flexibility index (Phi) is 7.57. The summed E-state index contributed by atoms with van der Waals surface area (Å²) in [5.74, 6) is 0.0102. The Labute approximate surface area is 97.6 Å². The van der Waals surface area contributed by atoms with Crippen LogP contribution in [0.15, 0.2) is 0 Å². The highest BCUT2D eigenvalue weighted by molar-refractivity contribution is 8.13. The van der Waals surface area contributed by atoms with Gasteiger partial charge >= 0.3 is 0 Å². The Morgan fingerprint density at radius 3 is 2.33 bits per heavy atom. The Morgan fingerprint density at radius 2 is 1.93 bits per heavy atom. The van der Waals surface area contributed by atoms with E-state index in [0.717, 1.165) is 19.3 Å². The molecule has 0 radical (unpaired) electrons. The summed E-state index contributed by atoms with van der Waals surface area (Å²) in [6.07, 6.45) is 3.04. The van der Waals surface area contributed by atoms with Gasteiger partial charge in [0.2, 0.25) is 9.05 Å². The first-order valence-corrected chi connectivity index (χ1v) is 7.90. The minimum absolute atomic E-state index is 0.00387. The number of hydrogen-bond donors (Lipinski definition) is 0. The van der Waals surface area contributed by atoms with Crippen LogP contribution in [0.4, 0.5) is 0 Å². The quantitative estimate of drug-likeness (QED) is 0.628. The van der Waals surface area contributed by atoms with Gasteiger partial charge in [0.25, 0.3) is 0 Å². The smallest absolute Gasteiger partial charge is 0.232 e. The van der Waals surface area contributed by atoms with E-state index in [-0.39, 0.29) is 17.8 Å². The van der Waals surface area contributed by atoms with Crippen LogP contribution < -0.4 is 0 Å². The molecule has 0 bridgehead atoms. The summed E-state index contributed by atoms with van der Waals surface area (Å²) in [6, 6.07) is 0. The molecule has 2 unspecified atom stereocenters. The van der Waals surface area contributed by atoms with Gasteiger partial charge in [-0.2, -0.15) is 0 Å². The molecule has 0 rings (SSSR count). The molecule has 0 aromatic carbocycles. The van der Waals surface area contributed by atoms with Gasteiger partial charge in [0.15, 0.2) is 0 Å². The molecule has 0 aromatic rings. The minimum Gasteiger partial charge on any atom is -0.378 e. The Balaban J connectivity index is 3.90. The van der Waals surface area contributed by atoms with Gasteiger partial charge < -0.3 is 4.74 Å². The summed E-state index contributed by atoms with van der Waals surface area (Å²) in [6.45, 7) is 6.52. The van der Waals surface area contributed by atoms with Gasteiger partial charge in [-0.25, -0.2) is 8.42 Å². The Hall–Kier alpha value is 0.200. The van der Waals surface area contributed by atoms with Gasteiger partial charge in [-0.15, -0.1) is 0 Å². The van der Waals surface area contributed by atoms with Crippen molar-refractivity contribution in [3.8, 4) is 0 Å². The van der Waals surface area contributed by atoms with Crippen LogP contribution >= 0.6 is 10.7 Å². The van der Waals surface area contributed by atoms with E-state index >= 15 is 0 Å². The first-order valence-electron chi connectivity index (χ1n) is 5.43. The van der Waals surface area contributed by atoms with Gasteiger partial charge in [-0.1, -0.05) is 26.7 Å². The van der Waals surface area contributed by atoms with Crippen LogP contribution in [0.1, 0.15) is 40.0 Å². The van der Waals surface area contributed by atoms with Crippen molar-refractivity contribution in [3.05, 3.63) is 0 Å². The topological polar surface area (TPSA) is 43.4 Å². The molecule has 2 atom stereocenters. The first kappa shape index (κ1) is 15.2. The highest BCUT2D eigenvalue weighted by Crippen LogP contribution is 2.12. The van der Waals surface area contributed by atoms with E-state index in [1.165, 1.54) is 0 Å². The first-order chi connectivity index (χ1) is 6.89. The summed E-state index contributed by atoms with van der Waals surface area (Å²) < 4.78 is 27.3. The van der Waals surface area contributed by atoms with Crippen LogP contribution in [0.3, 0.4) is 0 Å². The predicted molar refractivity (Wildman–Crippen MR) is 63.7 cm³/mol. The molecule has 0 aliphatic carbocycles.